The van der Waals surface area contributed by atoms with Crippen molar-refractivity contribution in [3.05, 3.63) is 59.8 Å². The number of hydrogen-bond donors (Lipinski definition) is 2. The first-order valence-corrected chi connectivity index (χ1v) is 8.11. The highest BCUT2D eigenvalue weighted by Crippen LogP contribution is 2.16. The average Bonchev–Trinajstić information content (AvgIpc) is 3.01. The van der Waals surface area contributed by atoms with Crippen LogP contribution >= 0.6 is 0 Å². The standard InChI is InChI=1S/C19H20N4O2/c1-13-6-7-17-15(10-13)12-21-23(17)9-8-18(24)22-16-5-3-4-14(11-16)19(25)20-2/h3-7,10-12H,8-9H2,1-2H3,(H,20,25)(H,22,24). The second-order valence-electron chi connectivity index (χ2n) is 5.89. The number of aryl methyl sites for hydroxylation is 2. The summed E-state index contributed by atoms with van der Waals surface area (Å²) in [6.45, 7) is 2.53. The van der Waals surface area contributed by atoms with Crippen molar-refractivity contribution < 1.29 is 9.59 Å². The fourth-order valence-electron chi connectivity index (χ4n) is 2.70. The van der Waals surface area contributed by atoms with Crippen molar-refractivity contribution >= 4 is 28.4 Å². The number of nitrogens with one attached hydrogen (secondary N) is 2. The highest BCUT2D eigenvalue weighted by atomic mass is 16.2. The number of hydrogen-bond acceptors (Lipinski definition) is 3. The summed E-state index contributed by atoms with van der Waals surface area (Å²) in [4.78, 5) is 23.8. The highest BCUT2D eigenvalue weighted by molar-refractivity contribution is 5.97. The number of aromatic nitrogens is 2. The number of rotatable bonds is 5. The first kappa shape index (κ1) is 16.7. The van der Waals surface area contributed by atoms with Gasteiger partial charge in [-0.3, -0.25) is 14.3 Å². The van der Waals surface area contributed by atoms with Gasteiger partial charge in [-0.2, -0.15) is 5.10 Å². The molecule has 6 nitrogen and oxygen atoms in total. The number of fused-ring (bicyclic) bond motifs is 1. The van der Waals surface area contributed by atoms with Crippen LogP contribution in [0.3, 0.4) is 0 Å². The summed E-state index contributed by atoms with van der Waals surface area (Å²) in [5.74, 6) is -0.306. The van der Waals surface area contributed by atoms with Crippen molar-refractivity contribution in [3.63, 3.8) is 0 Å². The van der Waals surface area contributed by atoms with Crippen LogP contribution < -0.4 is 10.6 Å². The van der Waals surface area contributed by atoms with Crippen molar-refractivity contribution in [2.24, 2.45) is 0 Å². The maximum atomic E-state index is 12.2. The van der Waals surface area contributed by atoms with E-state index in [1.165, 1.54) is 5.56 Å². The Kier molecular flexibility index (Phi) is 4.79. The third-order valence-corrected chi connectivity index (χ3v) is 3.98. The fourth-order valence-corrected chi connectivity index (χ4v) is 2.70. The van der Waals surface area contributed by atoms with Crippen LogP contribution in [0.15, 0.2) is 48.7 Å². The Hall–Kier alpha value is -3.15. The topological polar surface area (TPSA) is 76.0 Å². The number of carbonyl (C=O) groups excluding carboxylic acids is 2. The molecule has 0 aliphatic rings. The van der Waals surface area contributed by atoms with E-state index in [4.69, 9.17) is 0 Å². The second-order valence-corrected chi connectivity index (χ2v) is 5.89. The zero-order valence-corrected chi connectivity index (χ0v) is 14.2. The quantitative estimate of drug-likeness (QED) is 0.752. The van der Waals surface area contributed by atoms with Gasteiger partial charge < -0.3 is 10.6 Å². The molecule has 0 radical (unpaired) electrons. The predicted molar refractivity (Wildman–Crippen MR) is 97.5 cm³/mol. The first-order valence-electron chi connectivity index (χ1n) is 8.11. The summed E-state index contributed by atoms with van der Waals surface area (Å²) in [5.41, 5.74) is 3.31. The number of benzene rings is 2. The van der Waals surface area contributed by atoms with Gasteiger partial charge in [0, 0.05) is 30.1 Å². The summed E-state index contributed by atoms with van der Waals surface area (Å²) in [5, 5.41) is 10.8. The van der Waals surface area contributed by atoms with Crippen molar-refractivity contribution in [1.82, 2.24) is 15.1 Å². The highest BCUT2D eigenvalue weighted by Gasteiger charge is 2.08. The third kappa shape index (κ3) is 3.85. The summed E-state index contributed by atoms with van der Waals surface area (Å²) >= 11 is 0. The van der Waals surface area contributed by atoms with Gasteiger partial charge in [-0.15, -0.1) is 0 Å². The SMILES string of the molecule is CNC(=O)c1cccc(NC(=O)CCn2ncc3cc(C)ccc32)c1. The minimum absolute atomic E-state index is 0.121. The van der Waals surface area contributed by atoms with E-state index in [1.807, 2.05) is 29.9 Å². The second kappa shape index (κ2) is 7.17. The van der Waals surface area contributed by atoms with Crippen molar-refractivity contribution in [3.8, 4) is 0 Å². The van der Waals surface area contributed by atoms with E-state index in [0.29, 0.717) is 24.2 Å². The number of anilines is 1. The first-order chi connectivity index (χ1) is 12.1. The van der Waals surface area contributed by atoms with Crippen LogP contribution in [0.1, 0.15) is 22.3 Å². The molecule has 1 aromatic heterocycles. The van der Waals surface area contributed by atoms with Gasteiger partial charge in [-0.05, 0) is 37.3 Å². The van der Waals surface area contributed by atoms with Crippen LogP contribution in [-0.2, 0) is 11.3 Å². The predicted octanol–water partition coefficient (Wildman–Crippen LogP) is 2.73. The molecule has 0 unspecified atom stereocenters. The Balaban J connectivity index is 1.64. The molecule has 128 valence electrons. The van der Waals surface area contributed by atoms with Crippen molar-refractivity contribution in [1.29, 1.82) is 0 Å². The molecule has 2 aromatic carbocycles. The molecule has 0 saturated carbocycles. The van der Waals surface area contributed by atoms with E-state index in [-0.39, 0.29) is 11.8 Å². The summed E-state index contributed by atoms with van der Waals surface area (Å²) in [6.07, 6.45) is 2.11. The van der Waals surface area contributed by atoms with Gasteiger partial charge in [0.2, 0.25) is 5.91 Å². The molecular formula is C19H20N4O2. The van der Waals surface area contributed by atoms with E-state index in [0.717, 1.165) is 10.9 Å². The average molecular weight is 336 g/mol. The number of nitrogens with zero attached hydrogens (tertiary/aromatic N) is 2. The summed E-state index contributed by atoms with van der Waals surface area (Å²) in [7, 11) is 1.57. The summed E-state index contributed by atoms with van der Waals surface area (Å²) in [6, 6.07) is 13.0. The van der Waals surface area contributed by atoms with Crippen molar-refractivity contribution in [2.45, 2.75) is 19.9 Å². The zero-order valence-electron chi connectivity index (χ0n) is 14.2. The molecule has 25 heavy (non-hydrogen) atoms. The smallest absolute Gasteiger partial charge is 0.251 e. The molecule has 0 aliphatic carbocycles. The van der Waals surface area contributed by atoms with Crippen LogP contribution in [0.25, 0.3) is 10.9 Å². The lowest BCUT2D eigenvalue weighted by Crippen LogP contribution is -2.19. The normalized spacial score (nSPS) is 10.6. The van der Waals surface area contributed by atoms with Crippen LogP contribution in [0.2, 0.25) is 0 Å². The third-order valence-electron chi connectivity index (χ3n) is 3.98. The molecule has 2 N–H and O–H groups in total. The van der Waals surface area contributed by atoms with Gasteiger partial charge in [0.25, 0.3) is 5.91 Å². The monoisotopic (exact) mass is 336 g/mol. The lowest BCUT2D eigenvalue weighted by atomic mass is 10.2. The van der Waals surface area contributed by atoms with E-state index in [2.05, 4.69) is 21.8 Å². The van der Waals surface area contributed by atoms with E-state index in [9.17, 15) is 9.59 Å². The Labute approximate surface area is 145 Å². The van der Waals surface area contributed by atoms with Crippen molar-refractivity contribution in [2.75, 3.05) is 12.4 Å². The Morgan fingerprint density at radius 3 is 2.80 bits per heavy atom. The largest absolute Gasteiger partial charge is 0.355 e. The van der Waals surface area contributed by atoms with Gasteiger partial charge in [-0.1, -0.05) is 17.7 Å². The molecule has 1 heterocycles. The molecule has 0 fully saturated rings. The van der Waals surface area contributed by atoms with Gasteiger partial charge in [0.1, 0.15) is 0 Å². The van der Waals surface area contributed by atoms with E-state index in [1.54, 1.807) is 31.3 Å². The minimum Gasteiger partial charge on any atom is -0.355 e. The molecule has 0 saturated heterocycles. The molecule has 6 heteroatoms. The lowest BCUT2D eigenvalue weighted by Gasteiger charge is -2.08. The molecule has 0 bridgehead atoms. The summed E-state index contributed by atoms with van der Waals surface area (Å²) < 4.78 is 1.83. The van der Waals surface area contributed by atoms with E-state index >= 15 is 0 Å². The van der Waals surface area contributed by atoms with Gasteiger partial charge in [-0.25, -0.2) is 0 Å². The van der Waals surface area contributed by atoms with Gasteiger partial charge >= 0.3 is 0 Å². The lowest BCUT2D eigenvalue weighted by molar-refractivity contribution is -0.116. The number of amides is 2. The minimum atomic E-state index is -0.186. The maximum absolute atomic E-state index is 12.2. The molecule has 3 rings (SSSR count). The van der Waals surface area contributed by atoms with Crippen LogP contribution in [0.4, 0.5) is 5.69 Å². The van der Waals surface area contributed by atoms with Crippen LogP contribution in [0.5, 0.6) is 0 Å². The fraction of sp³-hybridized carbons (Fsp3) is 0.211. The maximum Gasteiger partial charge on any atom is 0.251 e. The molecular weight excluding hydrogens is 316 g/mol. The molecule has 2 amide bonds. The van der Waals surface area contributed by atoms with Crippen LogP contribution in [0, 0.1) is 6.92 Å². The van der Waals surface area contributed by atoms with Crippen LogP contribution in [-0.4, -0.2) is 28.6 Å². The number of carbonyl (C=O) groups is 2. The Morgan fingerprint density at radius 1 is 1.16 bits per heavy atom. The van der Waals surface area contributed by atoms with Gasteiger partial charge in [0.15, 0.2) is 0 Å². The Bertz CT molecular complexity index is 930. The molecule has 0 aliphatic heterocycles. The Morgan fingerprint density at radius 2 is 2.00 bits per heavy atom. The molecule has 0 atom stereocenters. The van der Waals surface area contributed by atoms with E-state index < -0.39 is 0 Å². The molecule has 0 spiro atoms. The zero-order chi connectivity index (χ0) is 17.8. The molecule has 3 aromatic rings. The van der Waals surface area contributed by atoms with Gasteiger partial charge in [0.05, 0.1) is 18.3 Å².